The van der Waals surface area contributed by atoms with E-state index in [1.807, 2.05) is 49.4 Å². The average molecular weight is 337 g/mol. The number of hydrogen-bond acceptors (Lipinski definition) is 5. The third-order valence-corrected chi connectivity index (χ3v) is 3.86. The molecule has 0 aliphatic rings. The van der Waals surface area contributed by atoms with Crippen LogP contribution in [0.25, 0.3) is 11.3 Å². The number of nitrogens with zero attached hydrogens (tertiary/aromatic N) is 2. The van der Waals surface area contributed by atoms with E-state index in [1.54, 1.807) is 6.92 Å². The molecule has 0 atom stereocenters. The van der Waals surface area contributed by atoms with Gasteiger partial charge in [-0.15, -0.1) is 5.10 Å². The lowest BCUT2D eigenvalue weighted by molar-refractivity contribution is 0.0520. The van der Waals surface area contributed by atoms with Crippen LogP contribution in [0.2, 0.25) is 0 Å². The molecular formula is C19H19N3O3. The summed E-state index contributed by atoms with van der Waals surface area (Å²) in [6, 6.07) is 13.3. The number of aromatic amines is 1. The molecule has 0 bridgehead atoms. The van der Waals surface area contributed by atoms with Gasteiger partial charge < -0.3 is 9.47 Å². The minimum Gasteiger partial charge on any atom is -0.461 e. The third-order valence-electron chi connectivity index (χ3n) is 3.86. The number of aromatic nitrogens is 3. The van der Waals surface area contributed by atoms with Crippen LogP contribution in [-0.4, -0.2) is 28.0 Å². The van der Waals surface area contributed by atoms with Gasteiger partial charge in [0.2, 0.25) is 0 Å². The van der Waals surface area contributed by atoms with Gasteiger partial charge in [-0.05, 0) is 68.3 Å². The summed E-state index contributed by atoms with van der Waals surface area (Å²) in [6.45, 7) is 6.14. The zero-order valence-electron chi connectivity index (χ0n) is 14.4. The van der Waals surface area contributed by atoms with Crippen molar-refractivity contribution >= 4 is 5.97 Å². The third kappa shape index (κ3) is 3.68. The summed E-state index contributed by atoms with van der Waals surface area (Å²) in [5.41, 5.74) is 3.78. The molecule has 0 aliphatic carbocycles. The lowest BCUT2D eigenvalue weighted by atomic mass is 10.1. The van der Waals surface area contributed by atoms with E-state index in [0.717, 1.165) is 11.3 Å². The van der Waals surface area contributed by atoms with Gasteiger partial charge in [0.05, 0.1) is 6.61 Å². The average Bonchev–Trinajstić information content (AvgIpc) is 3.09. The maximum absolute atomic E-state index is 11.9. The second-order valence-electron chi connectivity index (χ2n) is 5.61. The Hall–Kier alpha value is -3.15. The lowest BCUT2D eigenvalue weighted by Gasteiger charge is -2.08. The first-order chi connectivity index (χ1) is 12.1. The van der Waals surface area contributed by atoms with Crippen LogP contribution in [0, 0.1) is 13.8 Å². The Kier molecular flexibility index (Phi) is 4.79. The van der Waals surface area contributed by atoms with Gasteiger partial charge in [-0.3, -0.25) is 0 Å². The van der Waals surface area contributed by atoms with E-state index in [0.29, 0.717) is 11.4 Å². The number of benzene rings is 2. The van der Waals surface area contributed by atoms with E-state index in [1.165, 1.54) is 11.1 Å². The highest BCUT2D eigenvalue weighted by molar-refractivity contribution is 5.93. The Labute approximate surface area is 145 Å². The van der Waals surface area contributed by atoms with Crippen LogP contribution < -0.4 is 4.74 Å². The van der Waals surface area contributed by atoms with E-state index in [9.17, 15) is 4.79 Å². The molecule has 0 saturated heterocycles. The molecule has 0 amide bonds. The lowest BCUT2D eigenvalue weighted by Crippen LogP contribution is -2.06. The van der Waals surface area contributed by atoms with Crippen LogP contribution in [-0.2, 0) is 4.74 Å². The normalized spacial score (nSPS) is 10.5. The van der Waals surface area contributed by atoms with Crippen LogP contribution in [0.15, 0.2) is 42.5 Å². The van der Waals surface area contributed by atoms with Gasteiger partial charge in [0, 0.05) is 5.56 Å². The smallest absolute Gasteiger partial charge is 0.361 e. The monoisotopic (exact) mass is 337 g/mol. The minimum absolute atomic E-state index is 0.171. The number of ether oxygens (including phenoxy) is 2. The van der Waals surface area contributed by atoms with Gasteiger partial charge in [0.1, 0.15) is 17.2 Å². The number of nitrogens with one attached hydrogen (secondary N) is 1. The van der Waals surface area contributed by atoms with Gasteiger partial charge >= 0.3 is 5.97 Å². The van der Waals surface area contributed by atoms with E-state index in [4.69, 9.17) is 9.47 Å². The van der Waals surface area contributed by atoms with Crippen molar-refractivity contribution in [1.82, 2.24) is 15.4 Å². The van der Waals surface area contributed by atoms with Gasteiger partial charge in [0.25, 0.3) is 0 Å². The summed E-state index contributed by atoms with van der Waals surface area (Å²) in [5, 5.41) is 10.4. The van der Waals surface area contributed by atoms with Gasteiger partial charge in [-0.25, -0.2) is 4.79 Å². The maximum atomic E-state index is 11.9. The van der Waals surface area contributed by atoms with Crippen LogP contribution in [0.5, 0.6) is 11.5 Å². The summed E-state index contributed by atoms with van der Waals surface area (Å²) >= 11 is 0. The molecule has 3 rings (SSSR count). The van der Waals surface area contributed by atoms with Gasteiger partial charge in [-0.1, -0.05) is 6.07 Å². The molecule has 0 radical (unpaired) electrons. The topological polar surface area (TPSA) is 77.1 Å². The van der Waals surface area contributed by atoms with Gasteiger partial charge in [-0.2, -0.15) is 10.3 Å². The summed E-state index contributed by atoms with van der Waals surface area (Å²) in [4.78, 5) is 11.9. The summed E-state index contributed by atoms with van der Waals surface area (Å²) in [5.74, 6) is 0.986. The summed E-state index contributed by atoms with van der Waals surface area (Å²) < 4.78 is 10.9. The number of carbonyl (C=O) groups excluding carboxylic acids is 1. The zero-order chi connectivity index (χ0) is 17.8. The van der Waals surface area contributed by atoms with E-state index in [2.05, 4.69) is 22.3 Å². The SMILES string of the molecule is CCOC(=O)c1n[nH]nc1-c1ccc(Oc2ccc(C)c(C)c2)cc1. The predicted molar refractivity (Wildman–Crippen MR) is 93.8 cm³/mol. The Balaban J connectivity index is 1.80. The molecule has 25 heavy (non-hydrogen) atoms. The number of H-pyrrole nitrogens is 1. The molecule has 0 fully saturated rings. The highest BCUT2D eigenvalue weighted by Gasteiger charge is 2.18. The Morgan fingerprint density at radius 3 is 2.40 bits per heavy atom. The van der Waals surface area contributed by atoms with E-state index >= 15 is 0 Å². The highest BCUT2D eigenvalue weighted by Crippen LogP contribution is 2.27. The van der Waals surface area contributed by atoms with E-state index < -0.39 is 5.97 Å². The van der Waals surface area contributed by atoms with Crippen molar-refractivity contribution < 1.29 is 14.3 Å². The standard InChI is InChI=1S/C19H19N3O3/c1-4-24-19(23)18-17(20-22-21-18)14-6-9-15(10-7-14)25-16-8-5-12(2)13(3)11-16/h5-11H,4H2,1-3H3,(H,20,21,22). The molecule has 1 N–H and O–H groups in total. The Morgan fingerprint density at radius 1 is 1.00 bits per heavy atom. The number of hydrogen-bond donors (Lipinski definition) is 1. The number of aryl methyl sites for hydroxylation is 2. The summed E-state index contributed by atoms with van der Waals surface area (Å²) in [7, 11) is 0. The largest absolute Gasteiger partial charge is 0.461 e. The Morgan fingerprint density at radius 2 is 1.72 bits per heavy atom. The second kappa shape index (κ2) is 7.17. The highest BCUT2D eigenvalue weighted by atomic mass is 16.5. The molecule has 0 unspecified atom stereocenters. The van der Waals surface area contributed by atoms with Crippen molar-refractivity contribution in [3.8, 4) is 22.8 Å². The molecule has 128 valence electrons. The van der Waals surface area contributed by atoms with Crippen LogP contribution in [0.4, 0.5) is 0 Å². The molecule has 0 saturated carbocycles. The first-order valence-electron chi connectivity index (χ1n) is 8.02. The zero-order valence-corrected chi connectivity index (χ0v) is 14.4. The van der Waals surface area contributed by atoms with Crippen molar-refractivity contribution in [2.24, 2.45) is 0 Å². The van der Waals surface area contributed by atoms with Crippen molar-refractivity contribution in [3.05, 3.63) is 59.3 Å². The van der Waals surface area contributed by atoms with Crippen molar-refractivity contribution in [3.63, 3.8) is 0 Å². The first kappa shape index (κ1) is 16.7. The Bertz CT molecular complexity index is 885. The molecule has 6 nitrogen and oxygen atoms in total. The quantitative estimate of drug-likeness (QED) is 0.711. The summed E-state index contributed by atoms with van der Waals surface area (Å²) in [6.07, 6.45) is 0. The van der Waals surface area contributed by atoms with Crippen LogP contribution in [0.1, 0.15) is 28.5 Å². The fraction of sp³-hybridized carbons (Fsp3) is 0.211. The molecule has 0 aliphatic heterocycles. The molecule has 2 aromatic carbocycles. The molecule has 1 aromatic heterocycles. The maximum Gasteiger partial charge on any atom is 0.361 e. The van der Waals surface area contributed by atoms with Crippen LogP contribution >= 0.6 is 0 Å². The second-order valence-corrected chi connectivity index (χ2v) is 5.61. The molecule has 1 heterocycles. The predicted octanol–water partition coefficient (Wildman–Crippen LogP) is 4.06. The number of rotatable bonds is 5. The number of esters is 1. The number of carbonyl (C=O) groups is 1. The fourth-order valence-corrected chi connectivity index (χ4v) is 2.37. The van der Waals surface area contributed by atoms with Gasteiger partial charge in [0.15, 0.2) is 5.69 Å². The molecular weight excluding hydrogens is 318 g/mol. The van der Waals surface area contributed by atoms with Crippen LogP contribution in [0.3, 0.4) is 0 Å². The molecule has 0 spiro atoms. The van der Waals surface area contributed by atoms with Crippen molar-refractivity contribution in [1.29, 1.82) is 0 Å². The minimum atomic E-state index is -0.498. The van der Waals surface area contributed by atoms with Crippen molar-refractivity contribution in [2.75, 3.05) is 6.61 Å². The molecule has 6 heteroatoms. The fourth-order valence-electron chi connectivity index (χ4n) is 2.37. The molecule has 3 aromatic rings. The first-order valence-corrected chi connectivity index (χ1v) is 8.02. The van der Waals surface area contributed by atoms with E-state index in [-0.39, 0.29) is 12.3 Å². The van der Waals surface area contributed by atoms with Crippen molar-refractivity contribution in [2.45, 2.75) is 20.8 Å².